The molecule has 0 spiro atoms. The Kier molecular flexibility index (Phi) is 4.85. The molecule has 25 heavy (non-hydrogen) atoms. The van der Waals surface area contributed by atoms with Gasteiger partial charge in [-0.25, -0.2) is 4.39 Å². The van der Waals surface area contributed by atoms with Gasteiger partial charge in [0.1, 0.15) is 0 Å². The van der Waals surface area contributed by atoms with Crippen LogP contribution in [0.15, 0.2) is 30.3 Å². The van der Waals surface area contributed by atoms with Gasteiger partial charge in [-0.1, -0.05) is 0 Å². The number of rotatable bonds is 4. The first kappa shape index (κ1) is 17.2. The summed E-state index contributed by atoms with van der Waals surface area (Å²) in [7, 11) is 0. The molecule has 0 atom stereocenters. The van der Waals surface area contributed by atoms with Crippen LogP contribution in [0.5, 0.6) is 5.75 Å². The van der Waals surface area contributed by atoms with Gasteiger partial charge in [0, 0.05) is 60.1 Å². The molecule has 7 heteroatoms. The van der Waals surface area contributed by atoms with E-state index in [1.165, 1.54) is 6.21 Å². The van der Waals surface area contributed by atoms with Crippen LogP contribution in [0.4, 0.5) is 25.8 Å². The van der Waals surface area contributed by atoms with Crippen molar-refractivity contribution in [3.63, 3.8) is 0 Å². The predicted octanol–water partition coefficient (Wildman–Crippen LogP) is 3.34. The SMILES string of the molecule is N=Cc1cc(N2CCC(N)CC2)ccc1Nc1cc(O)c(F)c(F)c1. The average Bonchev–Trinajstić information content (AvgIpc) is 2.60. The molecule has 1 fully saturated rings. The van der Waals surface area contributed by atoms with Crippen LogP contribution in [-0.2, 0) is 0 Å². The lowest BCUT2D eigenvalue weighted by atomic mass is 10.0. The number of phenolic OH excluding ortho intramolecular Hbond substituents is 1. The van der Waals surface area contributed by atoms with Crippen LogP contribution in [-0.4, -0.2) is 30.5 Å². The van der Waals surface area contributed by atoms with Crippen molar-refractivity contribution in [2.75, 3.05) is 23.3 Å². The molecule has 2 aromatic rings. The molecule has 0 aromatic heterocycles. The van der Waals surface area contributed by atoms with Crippen molar-refractivity contribution in [1.82, 2.24) is 0 Å². The number of benzene rings is 2. The van der Waals surface area contributed by atoms with Crippen LogP contribution in [0.25, 0.3) is 0 Å². The maximum Gasteiger partial charge on any atom is 0.200 e. The average molecular weight is 346 g/mol. The molecular formula is C18H20F2N4O. The lowest BCUT2D eigenvalue weighted by Crippen LogP contribution is -2.39. The third kappa shape index (κ3) is 3.71. The fourth-order valence-electron chi connectivity index (χ4n) is 2.94. The number of piperidine rings is 1. The van der Waals surface area contributed by atoms with Crippen molar-refractivity contribution in [3.05, 3.63) is 47.5 Å². The van der Waals surface area contributed by atoms with Crippen LogP contribution in [0, 0.1) is 17.0 Å². The number of hydrogen-bond acceptors (Lipinski definition) is 5. The van der Waals surface area contributed by atoms with Gasteiger partial charge in [0.15, 0.2) is 17.4 Å². The van der Waals surface area contributed by atoms with Gasteiger partial charge in [-0.05, 0) is 31.0 Å². The normalized spacial score (nSPS) is 15.2. The van der Waals surface area contributed by atoms with E-state index in [0.29, 0.717) is 11.3 Å². The molecule has 3 rings (SSSR count). The molecule has 1 aliphatic heterocycles. The summed E-state index contributed by atoms with van der Waals surface area (Å²) in [6, 6.07) is 7.86. The summed E-state index contributed by atoms with van der Waals surface area (Å²) in [4.78, 5) is 2.21. The summed E-state index contributed by atoms with van der Waals surface area (Å²) in [6.07, 6.45) is 3.05. The van der Waals surface area contributed by atoms with Crippen LogP contribution >= 0.6 is 0 Å². The van der Waals surface area contributed by atoms with Crippen LogP contribution < -0.4 is 16.0 Å². The van der Waals surface area contributed by atoms with E-state index in [4.69, 9.17) is 11.1 Å². The van der Waals surface area contributed by atoms with E-state index in [1.807, 2.05) is 12.1 Å². The fraction of sp³-hybridized carbons (Fsp3) is 0.278. The maximum absolute atomic E-state index is 13.4. The summed E-state index contributed by atoms with van der Waals surface area (Å²) >= 11 is 0. The zero-order chi connectivity index (χ0) is 18.0. The Morgan fingerprint density at radius 1 is 1.20 bits per heavy atom. The van der Waals surface area contributed by atoms with Crippen LogP contribution in [0.1, 0.15) is 18.4 Å². The number of nitrogens with zero attached hydrogens (tertiary/aromatic N) is 1. The molecule has 1 saturated heterocycles. The van der Waals surface area contributed by atoms with E-state index in [9.17, 15) is 13.9 Å². The number of aromatic hydroxyl groups is 1. The Morgan fingerprint density at radius 3 is 2.56 bits per heavy atom. The fourth-order valence-corrected chi connectivity index (χ4v) is 2.94. The largest absolute Gasteiger partial charge is 0.505 e. The first-order valence-electron chi connectivity index (χ1n) is 8.08. The molecule has 1 aliphatic rings. The molecule has 5 N–H and O–H groups in total. The summed E-state index contributed by atoms with van der Waals surface area (Å²) in [5.41, 5.74) is 8.30. The van der Waals surface area contributed by atoms with E-state index in [2.05, 4.69) is 10.2 Å². The highest BCUT2D eigenvalue weighted by atomic mass is 19.2. The number of hydrogen-bond donors (Lipinski definition) is 4. The minimum absolute atomic E-state index is 0.205. The molecule has 0 saturated carbocycles. The second kappa shape index (κ2) is 7.06. The first-order valence-corrected chi connectivity index (χ1v) is 8.08. The molecule has 0 bridgehead atoms. The van der Waals surface area contributed by atoms with E-state index in [-0.39, 0.29) is 11.7 Å². The Labute approximate surface area is 144 Å². The maximum atomic E-state index is 13.4. The molecule has 5 nitrogen and oxygen atoms in total. The van der Waals surface area contributed by atoms with Gasteiger partial charge >= 0.3 is 0 Å². The second-order valence-corrected chi connectivity index (χ2v) is 6.16. The van der Waals surface area contributed by atoms with Crippen molar-refractivity contribution >= 4 is 23.3 Å². The Bertz CT molecular complexity index is 766. The van der Waals surface area contributed by atoms with E-state index < -0.39 is 17.4 Å². The quantitative estimate of drug-likeness (QED) is 0.640. The molecule has 1 heterocycles. The molecule has 132 valence electrons. The molecule has 0 amide bonds. The van der Waals surface area contributed by atoms with Crippen molar-refractivity contribution in [3.8, 4) is 5.75 Å². The van der Waals surface area contributed by atoms with E-state index in [0.717, 1.165) is 43.8 Å². The lowest BCUT2D eigenvalue weighted by molar-refractivity contribution is 0.407. The zero-order valence-corrected chi connectivity index (χ0v) is 13.6. The Balaban J connectivity index is 1.84. The van der Waals surface area contributed by atoms with Gasteiger partial charge in [-0.3, -0.25) is 0 Å². The minimum atomic E-state index is -1.28. The number of anilines is 3. The Hall–Kier alpha value is -2.67. The zero-order valence-electron chi connectivity index (χ0n) is 13.6. The summed E-state index contributed by atoms with van der Waals surface area (Å²) in [5.74, 6) is -3.18. The highest BCUT2D eigenvalue weighted by Crippen LogP contribution is 2.29. The smallest absolute Gasteiger partial charge is 0.200 e. The second-order valence-electron chi connectivity index (χ2n) is 6.16. The molecule has 0 unspecified atom stereocenters. The van der Waals surface area contributed by atoms with Crippen molar-refractivity contribution in [2.24, 2.45) is 5.73 Å². The van der Waals surface area contributed by atoms with Crippen molar-refractivity contribution in [2.45, 2.75) is 18.9 Å². The lowest BCUT2D eigenvalue weighted by Gasteiger charge is -2.32. The monoisotopic (exact) mass is 346 g/mol. The molecule has 0 aliphatic carbocycles. The number of nitrogens with two attached hydrogens (primary N) is 1. The number of nitrogens with one attached hydrogen (secondary N) is 2. The standard InChI is InChI=1S/C18H20F2N4O/c19-15-8-13(9-17(25)18(15)20)23-16-2-1-14(7-11(16)10-21)24-5-3-12(22)4-6-24/h1-2,7-10,12,21,23,25H,3-6,22H2. The highest BCUT2D eigenvalue weighted by molar-refractivity contribution is 5.89. The van der Waals surface area contributed by atoms with E-state index >= 15 is 0 Å². The first-order chi connectivity index (χ1) is 12.0. The van der Waals surface area contributed by atoms with Gasteiger partial charge in [0.05, 0.1) is 0 Å². The van der Waals surface area contributed by atoms with Crippen molar-refractivity contribution < 1.29 is 13.9 Å². The third-order valence-electron chi connectivity index (χ3n) is 4.38. The van der Waals surface area contributed by atoms with Gasteiger partial charge in [-0.15, -0.1) is 0 Å². The molecule has 0 radical (unpaired) electrons. The van der Waals surface area contributed by atoms with Gasteiger partial charge in [0.2, 0.25) is 0 Å². The minimum Gasteiger partial charge on any atom is -0.505 e. The summed E-state index contributed by atoms with van der Waals surface area (Å²) in [5, 5.41) is 19.9. The van der Waals surface area contributed by atoms with Gasteiger partial charge < -0.3 is 26.5 Å². The van der Waals surface area contributed by atoms with E-state index in [1.54, 1.807) is 6.07 Å². The molecular weight excluding hydrogens is 326 g/mol. The third-order valence-corrected chi connectivity index (χ3v) is 4.38. The predicted molar refractivity (Wildman–Crippen MR) is 95.1 cm³/mol. The van der Waals surface area contributed by atoms with Gasteiger partial charge in [0.25, 0.3) is 0 Å². The Morgan fingerprint density at radius 2 is 1.92 bits per heavy atom. The van der Waals surface area contributed by atoms with Crippen LogP contribution in [0.2, 0.25) is 0 Å². The topological polar surface area (TPSA) is 85.4 Å². The van der Waals surface area contributed by atoms with Gasteiger partial charge in [-0.2, -0.15) is 4.39 Å². The van der Waals surface area contributed by atoms with Crippen molar-refractivity contribution in [1.29, 1.82) is 5.41 Å². The van der Waals surface area contributed by atoms with Crippen LogP contribution in [0.3, 0.4) is 0 Å². The summed E-state index contributed by atoms with van der Waals surface area (Å²) < 4.78 is 26.6. The molecule has 2 aromatic carbocycles. The summed E-state index contributed by atoms with van der Waals surface area (Å²) in [6.45, 7) is 1.73. The number of halogens is 2. The highest BCUT2D eigenvalue weighted by Gasteiger charge is 2.17. The number of phenols is 1.